The number of carboxylic acids is 1. The number of fused-ring (bicyclic) bond motifs is 2. The summed E-state index contributed by atoms with van der Waals surface area (Å²) >= 11 is 0. The second kappa shape index (κ2) is 3.60. The zero-order valence-electron chi connectivity index (χ0n) is 9.77. The van der Waals surface area contributed by atoms with Crippen LogP contribution >= 0.6 is 0 Å². The van der Waals surface area contributed by atoms with Gasteiger partial charge in [0.2, 0.25) is 5.43 Å². The van der Waals surface area contributed by atoms with Gasteiger partial charge in [0, 0.05) is 19.7 Å². The zero-order chi connectivity index (χ0) is 12.9. The zero-order valence-corrected chi connectivity index (χ0v) is 9.77. The van der Waals surface area contributed by atoms with Crippen molar-refractivity contribution in [2.75, 3.05) is 6.61 Å². The number of aryl methyl sites for hydroxylation is 1. The first-order chi connectivity index (χ1) is 8.58. The molecule has 0 amide bonds. The highest BCUT2D eigenvalue weighted by molar-refractivity contribution is 5.93. The van der Waals surface area contributed by atoms with Crippen LogP contribution in [0, 0.1) is 0 Å². The van der Waals surface area contributed by atoms with E-state index < -0.39 is 11.4 Å². The summed E-state index contributed by atoms with van der Waals surface area (Å²) in [6.07, 6.45) is 2.18. The van der Waals surface area contributed by atoms with Crippen LogP contribution in [-0.4, -0.2) is 22.2 Å². The van der Waals surface area contributed by atoms with Crippen molar-refractivity contribution < 1.29 is 14.6 Å². The van der Waals surface area contributed by atoms with Gasteiger partial charge in [-0.05, 0) is 17.7 Å². The molecule has 5 heteroatoms. The lowest BCUT2D eigenvalue weighted by molar-refractivity contribution is 0.0695. The van der Waals surface area contributed by atoms with E-state index in [1.54, 1.807) is 17.7 Å². The highest BCUT2D eigenvalue weighted by Crippen LogP contribution is 2.29. The molecule has 0 saturated heterocycles. The van der Waals surface area contributed by atoms with E-state index in [-0.39, 0.29) is 5.56 Å². The van der Waals surface area contributed by atoms with Gasteiger partial charge in [-0.3, -0.25) is 4.79 Å². The number of carbonyl (C=O) groups is 1. The Bertz CT molecular complexity index is 730. The number of aromatic carboxylic acids is 1. The first-order valence-electron chi connectivity index (χ1n) is 5.60. The molecule has 1 aliphatic heterocycles. The molecule has 2 heterocycles. The molecule has 1 aliphatic rings. The average molecular weight is 245 g/mol. The summed E-state index contributed by atoms with van der Waals surface area (Å²) in [5, 5.41) is 9.39. The Morgan fingerprint density at radius 1 is 1.44 bits per heavy atom. The Balaban J connectivity index is 2.43. The molecule has 92 valence electrons. The predicted molar refractivity (Wildman–Crippen MR) is 65.3 cm³/mol. The molecular weight excluding hydrogens is 234 g/mol. The van der Waals surface area contributed by atoms with Gasteiger partial charge in [-0.25, -0.2) is 4.79 Å². The molecule has 1 aromatic heterocycles. The molecule has 5 nitrogen and oxygen atoms in total. The molecule has 0 saturated carbocycles. The van der Waals surface area contributed by atoms with E-state index >= 15 is 0 Å². The van der Waals surface area contributed by atoms with Crippen LogP contribution in [0.25, 0.3) is 10.9 Å². The lowest BCUT2D eigenvalue weighted by Gasteiger charge is -2.08. The smallest absolute Gasteiger partial charge is 0.341 e. The number of hydrogen-bond acceptors (Lipinski definition) is 3. The Labute approximate surface area is 102 Å². The Morgan fingerprint density at radius 3 is 2.94 bits per heavy atom. The fourth-order valence-electron chi connectivity index (χ4n) is 2.31. The summed E-state index contributed by atoms with van der Waals surface area (Å²) in [4.78, 5) is 23.1. The number of rotatable bonds is 1. The minimum Gasteiger partial charge on any atom is -0.493 e. The van der Waals surface area contributed by atoms with E-state index in [2.05, 4.69) is 0 Å². The molecule has 1 aromatic carbocycles. The summed E-state index contributed by atoms with van der Waals surface area (Å²) in [5.74, 6) is -0.527. The molecular formula is C13H11NO4. The molecule has 2 aromatic rings. The molecule has 0 bridgehead atoms. The third-order valence-electron chi connectivity index (χ3n) is 3.23. The Kier molecular flexibility index (Phi) is 2.16. The van der Waals surface area contributed by atoms with Gasteiger partial charge in [-0.15, -0.1) is 0 Å². The largest absolute Gasteiger partial charge is 0.493 e. The van der Waals surface area contributed by atoms with Crippen LogP contribution in [0.15, 0.2) is 23.1 Å². The van der Waals surface area contributed by atoms with E-state index in [0.29, 0.717) is 17.7 Å². The minimum absolute atomic E-state index is 0.219. The number of ether oxygens (including phenoxy) is 1. The standard InChI is InChI=1S/C13H11NO4/c1-14-6-9(13(16)17)12(15)8-5-11-7(2-3-18-11)4-10(8)14/h4-6H,2-3H2,1H3,(H,16,17). The van der Waals surface area contributed by atoms with Gasteiger partial charge in [0.15, 0.2) is 0 Å². The fourth-order valence-corrected chi connectivity index (χ4v) is 2.31. The van der Waals surface area contributed by atoms with Gasteiger partial charge in [-0.2, -0.15) is 0 Å². The Morgan fingerprint density at radius 2 is 2.22 bits per heavy atom. The van der Waals surface area contributed by atoms with Gasteiger partial charge < -0.3 is 14.4 Å². The SMILES string of the molecule is Cn1cc(C(=O)O)c(=O)c2cc3c(cc21)CCO3. The summed E-state index contributed by atoms with van der Waals surface area (Å²) in [6, 6.07) is 3.54. The third kappa shape index (κ3) is 1.40. The van der Waals surface area contributed by atoms with Crippen molar-refractivity contribution in [1.82, 2.24) is 4.57 Å². The van der Waals surface area contributed by atoms with Crippen LogP contribution in [0.4, 0.5) is 0 Å². The van der Waals surface area contributed by atoms with E-state index in [4.69, 9.17) is 9.84 Å². The lowest BCUT2D eigenvalue weighted by Crippen LogP contribution is -2.17. The maximum Gasteiger partial charge on any atom is 0.341 e. The van der Waals surface area contributed by atoms with Crippen LogP contribution < -0.4 is 10.2 Å². The van der Waals surface area contributed by atoms with Gasteiger partial charge >= 0.3 is 5.97 Å². The molecule has 0 spiro atoms. The van der Waals surface area contributed by atoms with Crippen molar-refractivity contribution in [3.05, 3.63) is 39.7 Å². The quantitative estimate of drug-likeness (QED) is 0.818. The number of hydrogen-bond donors (Lipinski definition) is 1. The van der Waals surface area contributed by atoms with Crippen molar-refractivity contribution in [2.24, 2.45) is 7.05 Å². The molecule has 0 fully saturated rings. The van der Waals surface area contributed by atoms with Crippen molar-refractivity contribution in [2.45, 2.75) is 6.42 Å². The number of nitrogens with zero attached hydrogens (tertiary/aromatic N) is 1. The van der Waals surface area contributed by atoms with E-state index in [1.807, 2.05) is 6.07 Å². The molecule has 18 heavy (non-hydrogen) atoms. The van der Waals surface area contributed by atoms with Gasteiger partial charge in [-0.1, -0.05) is 0 Å². The summed E-state index contributed by atoms with van der Waals surface area (Å²) < 4.78 is 7.07. The molecule has 0 atom stereocenters. The van der Waals surface area contributed by atoms with Crippen molar-refractivity contribution in [3.8, 4) is 5.75 Å². The summed E-state index contributed by atoms with van der Waals surface area (Å²) in [5.41, 5.74) is 1.10. The van der Waals surface area contributed by atoms with E-state index in [1.165, 1.54) is 6.20 Å². The fraction of sp³-hybridized carbons (Fsp3) is 0.231. The first-order valence-corrected chi connectivity index (χ1v) is 5.60. The number of aromatic nitrogens is 1. The van der Waals surface area contributed by atoms with E-state index in [0.717, 1.165) is 17.5 Å². The van der Waals surface area contributed by atoms with Gasteiger partial charge in [0.25, 0.3) is 0 Å². The van der Waals surface area contributed by atoms with E-state index in [9.17, 15) is 9.59 Å². The second-order valence-electron chi connectivity index (χ2n) is 4.36. The molecule has 3 rings (SSSR count). The predicted octanol–water partition coefficient (Wildman–Crippen LogP) is 1.17. The summed E-state index contributed by atoms with van der Waals surface area (Å²) in [7, 11) is 1.73. The first kappa shape index (κ1) is 10.8. The van der Waals surface area contributed by atoms with Gasteiger partial charge in [0.05, 0.1) is 17.5 Å². The summed E-state index contributed by atoms with van der Waals surface area (Å²) in [6.45, 7) is 0.606. The monoisotopic (exact) mass is 245 g/mol. The minimum atomic E-state index is -1.21. The van der Waals surface area contributed by atoms with Crippen LogP contribution in [-0.2, 0) is 13.5 Å². The topological polar surface area (TPSA) is 68.5 Å². The maximum absolute atomic E-state index is 12.1. The van der Waals surface area contributed by atoms with Crippen molar-refractivity contribution >= 4 is 16.9 Å². The molecule has 1 N–H and O–H groups in total. The lowest BCUT2D eigenvalue weighted by atomic mass is 10.1. The second-order valence-corrected chi connectivity index (χ2v) is 4.36. The molecule has 0 aliphatic carbocycles. The Hall–Kier alpha value is -2.30. The van der Waals surface area contributed by atoms with Crippen molar-refractivity contribution in [3.63, 3.8) is 0 Å². The van der Waals surface area contributed by atoms with Crippen LogP contribution in [0.3, 0.4) is 0 Å². The van der Waals surface area contributed by atoms with Crippen molar-refractivity contribution in [1.29, 1.82) is 0 Å². The molecule has 0 radical (unpaired) electrons. The number of benzene rings is 1. The van der Waals surface area contributed by atoms with Crippen LogP contribution in [0.1, 0.15) is 15.9 Å². The highest BCUT2D eigenvalue weighted by Gasteiger charge is 2.18. The third-order valence-corrected chi connectivity index (χ3v) is 3.23. The van der Waals surface area contributed by atoms with Crippen LogP contribution in [0.2, 0.25) is 0 Å². The van der Waals surface area contributed by atoms with Gasteiger partial charge in [0.1, 0.15) is 11.3 Å². The molecule has 0 unspecified atom stereocenters. The maximum atomic E-state index is 12.1. The number of pyridine rings is 1. The normalized spacial score (nSPS) is 13.4. The highest BCUT2D eigenvalue weighted by atomic mass is 16.5. The average Bonchev–Trinajstić information content (AvgIpc) is 2.78. The number of carboxylic acid groups (broad SMARTS) is 1. The van der Waals surface area contributed by atoms with Crippen LogP contribution in [0.5, 0.6) is 5.75 Å².